The van der Waals surface area contributed by atoms with Gasteiger partial charge >= 0.3 is 0 Å². The van der Waals surface area contributed by atoms with E-state index in [0.29, 0.717) is 6.04 Å². The lowest BCUT2D eigenvalue weighted by molar-refractivity contribution is 0.0981. The molecule has 110 valence electrons. The number of hydrogen-bond donors (Lipinski definition) is 1. The topological polar surface area (TPSA) is 15.3 Å². The molecule has 2 aliphatic rings. The summed E-state index contributed by atoms with van der Waals surface area (Å²) in [4.78, 5) is 2.68. The van der Waals surface area contributed by atoms with Crippen LogP contribution in [-0.2, 0) is 0 Å². The standard InChI is InChI=1S/C18H28N2/c1-3-20-11-5-8-17(13-19-2)18(20)16-7-4-6-15(12-16)14-9-10-14/h4,6-7,12,14,17-19H,3,5,8-11,13H2,1-2H3. The molecule has 1 aliphatic carbocycles. The van der Waals surface area contributed by atoms with Crippen LogP contribution in [0, 0.1) is 5.92 Å². The highest BCUT2D eigenvalue weighted by Gasteiger charge is 2.32. The third kappa shape index (κ3) is 2.91. The Morgan fingerprint density at radius 2 is 2.00 bits per heavy atom. The monoisotopic (exact) mass is 272 g/mol. The maximum Gasteiger partial charge on any atom is 0.0388 e. The zero-order valence-corrected chi connectivity index (χ0v) is 12.9. The molecule has 20 heavy (non-hydrogen) atoms. The summed E-state index contributed by atoms with van der Waals surface area (Å²) >= 11 is 0. The number of nitrogens with one attached hydrogen (secondary N) is 1. The smallest absolute Gasteiger partial charge is 0.0388 e. The Bertz CT molecular complexity index is 437. The molecule has 0 aromatic heterocycles. The lowest BCUT2D eigenvalue weighted by Crippen LogP contribution is -2.42. The van der Waals surface area contributed by atoms with Crippen molar-refractivity contribution in [2.24, 2.45) is 5.92 Å². The van der Waals surface area contributed by atoms with Crippen LogP contribution in [0.3, 0.4) is 0 Å². The summed E-state index contributed by atoms with van der Waals surface area (Å²) in [5.74, 6) is 1.61. The number of likely N-dealkylation sites (tertiary alicyclic amines) is 1. The molecule has 1 heterocycles. The van der Waals surface area contributed by atoms with Crippen LogP contribution >= 0.6 is 0 Å². The van der Waals surface area contributed by atoms with Gasteiger partial charge in [-0.05, 0) is 75.3 Å². The van der Waals surface area contributed by atoms with Gasteiger partial charge < -0.3 is 5.32 Å². The van der Waals surface area contributed by atoms with E-state index < -0.39 is 0 Å². The van der Waals surface area contributed by atoms with Gasteiger partial charge in [0, 0.05) is 6.04 Å². The minimum absolute atomic E-state index is 0.611. The Labute approximate surface area is 123 Å². The molecule has 0 radical (unpaired) electrons. The minimum atomic E-state index is 0.611. The molecule has 0 spiro atoms. The predicted octanol–water partition coefficient (Wildman–Crippen LogP) is 3.56. The minimum Gasteiger partial charge on any atom is -0.319 e. The number of nitrogens with zero attached hydrogens (tertiary/aromatic N) is 1. The quantitative estimate of drug-likeness (QED) is 0.881. The summed E-state index contributed by atoms with van der Waals surface area (Å²) in [5.41, 5.74) is 3.13. The summed E-state index contributed by atoms with van der Waals surface area (Å²) in [6, 6.07) is 10.1. The zero-order valence-electron chi connectivity index (χ0n) is 12.9. The lowest BCUT2D eigenvalue weighted by Gasteiger charge is -2.41. The average molecular weight is 272 g/mol. The van der Waals surface area contributed by atoms with Crippen molar-refractivity contribution >= 4 is 0 Å². The van der Waals surface area contributed by atoms with Crippen LogP contribution in [0.2, 0.25) is 0 Å². The van der Waals surface area contributed by atoms with E-state index in [1.165, 1.54) is 38.8 Å². The van der Waals surface area contributed by atoms with Gasteiger partial charge in [0.05, 0.1) is 0 Å². The molecule has 1 aromatic carbocycles. The highest BCUT2D eigenvalue weighted by atomic mass is 15.2. The fourth-order valence-electron chi connectivity index (χ4n) is 3.88. The molecule has 2 heteroatoms. The fourth-order valence-corrected chi connectivity index (χ4v) is 3.88. The molecule has 1 N–H and O–H groups in total. The van der Waals surface area contributed by atoms with Crippen LogP contribution in [-0.4, -0.2) is 31.6 Å². The van der Waals surface area contributed by atoms with Crippen molar-refractivity contribution in [1.29, 1.82) is 0 Å². The number of piperidine rings is 1. The Kier molecular flexibility index (Phi) is 4.42. The highest BCUT2D eigenvalue weighted by molar-refractivity contribution is 5.31. The van der Waals surface area contributed by atoms with Gasteiger partial charge in [0.1, 0.15) is 0 Å². The van der Waals surface area contributed by atoms with Gasteiger partial charge in [0.25, 0.3) is 0 Å². The second-order valence-electron chi connectivity index (χ2n) is 6.48. The van der Waals surface area contributed by atoms with E-state index in [4.69, 9.17) is 0 Å². The first kappa shape index (κ1) is 14.1. The first-order valence-electron chi connectivity index (χ1n) is 8.32. The van der Waals surface area contributed by atoms with Gasteiger partial charge in [0.15, 0.2) is 0 Å². The van der Waals surface area contributed by atoms with Crippen molar-refractivity contribution in [3.63, 3.8) is 0 Å². The van der Waals surface area contributed by atoms with Crippen LogP contribution in [0.15, 0.2) is 24.3 Å². The van der Waals surface area contributed by atoms with Gasteiger partial charge in [-0.1, -0.05) is 31.2 Å². The van der Waals surface area contributed by atoms with Crippen LogP contribution < -0.4 is 5.32 Å². The molecule has 1 saturated heterocycles. The summed E-state index contributed by atoms with van der Waals surface area (Å²) < 4.78 is 0. The molecule has 0 amide bonds. The predicted molar refractivity (Wildman–Crippen MR) is 85.1 cm³/mol. The molecule has 2 fully saturated rings. The van der Waals surface area contributed by atoms with E-state index >= 15 is 0 Å². The van der Waals surface area contributed by atoms with Crippen LogP contribution in [0.4, 0.5) is 0 Å². The highest BCUT2D eigenvalue weighted by Crippen LogP contribution is 2.42. The van der Waals surface area contributed by atoms with E-state index in [0.717, 1.165) is 18.4 Å². The summed E-state index contributed by atoms with van der Waals surface area (Å²) in [6.45, 7) is 5.86. The van der Waals surface area contributed by atoms with E-state index in [1.807, 2.05) is 0 Å². The SMILES string of the molecule is CCN1CCCC(CNC)C1c1cccc(C2CC2)c1. The zero-order chi connectivity index (χ0) is 13.9. The third-order valence-corrected chi connectivity index (χ3v) is 5.03. The Hall–Kier alpha value is -0.860. The van der Waals surface area contributed by atoms with Crippen molar-refractivity contribution in [2.75, 3.05) is 26.7 Å². The molecule has 3 rings (SSSR count). The average Bonchev–Trinajstić information content (AvgIpc) is 3.32. The normalized spacial score (nSPS) is 27.7. The van der Waals surface area contributed by atoms with Gasteiger partial charge in [0.2, 0.25) is 0 Å². The van der Waals surface area contributed by atoms with Gasteiger partial charge in [-0.25, -0.2) is 0 Å². The van der Waals surface area contributed by atoms with E-state index in [-0.39, 0.29) is 0 Å². The van der Waals surface area contributed by atoms with E-state index in [9.17, 15) is 0 Å². The number of hydrogen-bond acceptors (Lipinski definition) is 2. The largest absolute Gasteiger partial charge is 0.319 e. The van der Waals surface area contributed by atoms with Crippen LogP contribution in [0.25, 0.3) is 0 Å². The lowest BCUT2D eigenvalue weighted by atomic mass is 9.84. The molecule has 1 aromatic rings. The number of rotatable bonds is 5. The Balaban J connectivity index is 1.87. The maximum atomic E-state index is 3.40. The first-order valence-corrected chi connectivity index (χ1v) is 8.32. The maximum absolute atomic E-state index is 3.40. The molecular weight excluding hydrogens is 244 g/mol. The van der Waals surface area contributed by atoms with Crippen molar-refractivity contribution in [3.05, 3.63) is 35.4 Å². The molecule has 1 aliphatic heterocycles. The molecule has 2 unspecified atom stereocenters. The van der Waals surface area contributed by atoms with Crippen molar-refractivity contribution < 1.29 is 0 Å². The second kappa shape index (κ2) is 6.28. The molecular formula is C18H28N2. The molecule has 0 bridgehead atoms. The fraction of sp³-hybridized carbons (Fsp3) is 0.667. The van der Waals surface area contributed by atoms with E-state index in [2.05, 4.69) is 48.5 Å². The molecule has 1 saturated carbocycles. The molecule has 2 nitrogen and oxygen atoms in total. The van der Waals surface area contributed by atoms with Gasteiger partial charge in [-0.3, -0.25) is 4.90 Å². The van der Waals surface area contributed by atoms with Crippen LogP contribution in [0.1, 0.15) is 55.7 Å². The number of benzene rings is 1. The van der Waals surface area contributed by atoms with Gasteiger partial charge in [-0.15, -0.1) is 0 Å². The van der Waals surface area contributed by atoms with Crippen molar-refractivity contribution in [2.45, 2.75) is 44.6 Å². The first-order chi connectivity index (χ1) is 9.83. The second-order valence-corrected chi connectivity index (χ2v) is 6.48. The summed E-state index contributed by atoms with van der Waals surface area (Å²) in [7, 11) is 2.09. The Morgan fingerprint density at radius 3 is 2.70 bits per heavy atom. The summed E-state index contributed by atoms with van der Waals surface area (Å²) in [6.07, 6.45) is 5.49. The third-order valence-electron chi connectivity index (χ3n) is 5.03. The Morgan fingerprint density at radius 1 is 1.20 bits per heavy atom. The van der Waals surface area contributed by atoms with Gasteiger partial charge in [-0.2, -0.15) is 0 Å². The van der Waals surface area contributed by atoms with E-state index in [1.54, 1.807) is 11.1 Å². The summed E-state index contributed by atoms with van der Waals surface area (Å²) in [5, 5.41) is 3.40. The molecule has 2 atom stereocenters. The van der Waals surface area contributed by atoms with Crippen LogP contribution in [0.5, 0.6) is 0 Å². The van der Waals surface area contributed by atoms with Crippen molar-refractivity contribution in [1.82, 2.24) is 10.2 Å². The van der Waals surface area contributed by atoms with Crippen molar-refractivity contribution in [3.8, 4) is 0 Å².